The van der Waals surface area contributed by atoms with E-state index in [0.29, 0.717) is 11.8 Å². The van der Waals surface area contributed by atoms with Crippen LogP contribution in [-0.4, -0.2) is 52.7 Å². The number of fused-ring (bicyclic) bond motifs is 1. The summed E-state index contributed by atoms with van der Waals surface area (Å²) in [5, 5.41) is 14.0. The maximum absolute atomic E-state index is 12.5. The first kappa shape index (κ1) is 22.4. The first-order chi connectivity index (χ1) is 14.7. The molecule has 0 bridgehead atoms. The van der Waals surface area contributed by atoms with Gasteiger partial charge in [0.25, 0.3) is 23.4 Å². The van der Waals surface area contributed by atoms with Gasteiger partial charge >= 0.3 is 5.97 Å². The molecule has 2 aliphatic rings. The number of hydrogen-bond donors (Lipinski definition) is 1. The minimum absolute atomic E-state index is 0.0455. The standard InChI is InChI=1S/C21H25N3O7/c1-12-5-3-7-15(13(12)2)22-17(25)11-31-18(26)9-10-23-20(27)14-6-4-8-16(24(29)30)19(14)21(23)28/h4,6,8,12-13,15H,3,5,7,9-11H2,1-2H3,(H,22,25). The third kappa shape index (κ3) is 4.73. The van der Waals surface area contributed by atoms with Crippen LogP contribution in [0, 0.1) is 22.0 Å². The summed E-state index contributed by atoms with van der Waals surface area (Å²) >= 11 is 0. The highest BCUT2D eigenvalue weighted by Gasteiger charge is 2.40. The highest BCUT2D eigenvalue weighted by Crippen LogP contribution is 2.31. The average Bonchev–Trinajstić information content (AvgIpc) is 2.98. The van der Waals surface area contributed by atoms with Crippen molar-refractivity contribution in [2.75, 3.05) is 13.2 Å². The Hall–Kier alpha value is -3.30. The summed E-state index contributed by atoms with van der Waals surface area (Å²) in [6, 6.07) is 3.85. The summed E-state index contributed by atoms with van der Waals surface area (Å²) in [6.07, 6.45) is 2.73. The van der Waals surface area contributed by atoms with Crippen LogP contribution in [0.5, 0.6) is 0 Å². The van der Waals surface area contributed by atoms with E-state index in [1.165, 1.54) is 12.1 Å². The molecule has 10 heteroatoms. The first-order valence-electron chi connectivity index (χ1n) is 10.3. The number of ether oxygens (including phenoxy) is 1. The Morgan fingerprint density at radius 2 is 1.97 bits per heavy atom. The van der Waals surface area contributed by atoms with Crippen LogP contribution >= 0.6 is 0 Å². The molecule has 3 unspecified atom stereocenters. The molecule has 1 N–H and O–H groups in total. The quantitative estimate of drug-likeness (QED) is 0.302. The highest BCUT2D eigenvalue weighted by atomic mass is 16.6. The molecule has 1 saturated carbocycles. The van der Waals surface area contributed by atoms with Gasteiger partial charge in [0.05, 0.1) is 16.9 Å². The highest BCUT2D eigenvalue weighted by molar-refractivity contribution is 6.23. The fraction of sp³-hybridized carbons (Fsp3) is 0.524. The summed E-state index contributed by atoms with van der Waals surface area (Å²) in [5.41, 5.74) is -0.798. The number of nitrogens with zero attached hydrogens (tertiary/aromatic N) is 2. The topological polar surface area (TPSA) is 136 Å². The van der Waals surface area contributed by atoms with E-state index in [-0.39, 0.29) is 30.1 Å². The van der Waals surface area contributed by atoms with Crippen molar-refractivity contribution < 1.29 is 28.8 Å². The van der Waals surface area contributed by atoms with Crippen molar-refractivity contribution in [3.8, 4) is 0 Å². The van der Waals surface area contributed by atoms with Gasteiger partial charge in [-0.15, -0.1) is 0 Å². The molecule has 166 valence electrons. The van der Waals surface area contributed by atoms with E-state index in [0.717, 1.165) is 30.2 Å². The largest absolute Gasteiger partial charge is 0.456 e. The monoisotopic (exact) mass is 431 g/mol. The summed E-state index contributed by atoms with van der Waals surface area (Å²) in [7, 11) is 0. The molecular formula is C21H25N3O7. The van der Waals surface area contributed by atoms with E-state index < -0.39 is 40.9 Å². The Labute approximate surface area is 179 Å². The van der Waals surface area contributed by atoms with Gasteiger partial charge in [-0.25, -0.2) is 0 Å². The van der Waals surface area contributed by atoms with Crippen molar-refractivity contribution in [1.29, 1.82) is 0 Å². The van der Waals surface area contributed by atoms with Gasteiger partial charge in [-0.05, 0) is 24.3 Å². The van der Waals surface area contributed by atoms with Crippen LogP contribution in [0.25, 0.3) is 0 Å². The zero-order chi connectivity index (χ0) is 22.7. The maximum atomic E-state index is 12.5. The number of hydrogen-bond acceptors (Lipinski definition) is 7. The number of amides is 3. The molecule has 1 aromatic carbocycles. The molecular weight excluding hydrogens is 406 g/mol. The van der Waals surface area contributed by atoms with E-state index in [9.17, 15) is 29.3 Å². The Morgan fingerprint density at radius 1 is 1.23 bits per heavy atom. The number of benzene rings is 1. The van der Waals surface area contributed by atoms with Gasteiger partial charge in [0.2, 0.25) is 0 Å². The summed E-state index contributed by atoms with van der Waals surface area (Å²) < 4.78 is 4.97. The van der Waals surface area contributed by atoms with Gasteiger partial charge in [0.1, 0.15) is 5.56 Å². The number of nitrogens with one attached hydrogen (secondary N) is 1. The molecule has 3 amide bonds. The minimum atomic E-state index is -0.821. The number of nitro groups is 1. The molecule has 0 saturated heterocycles. The third-order valence-corrected chi connectivity index (χ3v) is 6.13. The fourth-order valence-electron chi connectivity index (χ4n) is 4.13. The average molecular weight is 431 g/mol. The van der Waals surface area contributed by atoms with Crippen LogP contribution in [-0.2, 0) is 14.3 Å². The summed E-state index contributed by atoms with van der Waals surface area (Å²) in [6.45, 7) is 3.51. The lowest BCUT2D eigenvalue weighted by molar-refractivity contribution is -0.385. The number of carbonyl (C=O) groups excluding carboxylic acids is 4. The molecule has 0 spiro atoms. The van der Waals surface area contributed by atoms with Crippen molar-refractivity contribution in [3.05, 3.63) is 39.4 Å². The number of imide groups is 1. The number of rotatable bonds is 7. The van der Waals surface area contributed by atoms with Crippen LogP contribution in [0.3, 0.4) is 0 Å². The minimum Gasteiger partial charge on any atom is -0.456 e. The van der Waals surface area contributed by atoms with Crippen molar-refractivity contribution >= 4 is 29.4 Å². The van der Waals surface area contributed by atoms with E-state index in [1.807, 2.05) is 0 Å². The predicted molar refractivity (Wildman–Crippen MR) is 108 cm³/mol. The maximum Gasteiger partial charge on any atom is 0.308 e. The van der Waals surface area contributed by atoms with Crippen LogP contribution in [0.15, 0.2) is 18.2 Å². The van der Waals surface area contributed by atoms with Crippen LogP contribution in [0.4, 0.5) is 5.69 Å². The molecule has 1 heterocycles. The third-order valence-electron chi connectivity index (χ3n) is 6.13. The molecule has 3 atom stereocenters. The molecule has 10 nitrogen and oxygen atoms in total. The van der Waals surface area contributed by atoms with Gasteiger partial charge in [0, 0.05) is 18.7 Å². The molecule has 0 radical (unpaired) electrons. The van der Waals surface area contributed by atoms with Crippen molar-refractivity contribution in [1.82, 2.24) is 10.2 Å². The lowest BCUT2D eigenvalue weighted by atomic mass is 9.78. The van der Waals surface area contributed by atoms with Crippen molar-refractivity contribution in [2.45, 2.75) is 45.6 Å². The van der Waals surface area contributed by atoms with Crippen LogP contribution in [0.2, 0.25) is 0 Å². The predicted octanol–water partition coefficient (Wildman–Crippen LogP) is 2.06. The van der Waals surface area contributed by atoms with Gasteiger partial charge < -0.3 is 10.1 Å². The van der Waals surface area contributed by atoms with Gasteiger partial charge in [-0.2, -0.15) is 0 Å². The molecule has 1 aliphatic heterocycles. The molecule has 3 rings (SSSR count). The Bertz CT molecular complexity index is 930. The van der Waals surface area contributed by atoms with E-state index >= 15 is 0 Å². The molecule has 1 aromatic rings. The van der Waals surface area contributed by atoms with E-state index in [1.54, 1.807) is 0 Å². The zero-order valence-electron chi connectivity index (χ0n) is 17.5. The van der Waals surface area contributed by atoms with E-state index in [4.69, 9.17) is 4.74 Å². The Balaban J connectivity index is 1.49. The van der Waals surface area contributed by atoms with Crippen molar-refractivity contribution in [2.24, 2.45) is 11.8 Å². The summed E-state index contributed by atoms with van der Waals surface area (Å²) in [5.74, 6) is -1.81. The zero-order valence-corrected chi connectivity index (χ0v) is 17.5. The number of esters is 1. The van der Waals surface area contributed by atoms with Crippen LogP contribution in [0.1, 0.15) is 60.2 Å². The number of nitro benzene ring substituents is 1. The van der Waals surface area contributed by atoms with E-state index in [2.05, 4.69) is 19.2 Å². The second kappa shape index (κ2) is 9.23. The normalized spacial score (nSPS) is 22.8. The second-order valence-electron chi connectivity index (χ2n) is 8.07. The Morgan fingerprint density at radius 3 is 2.68 bits per heavy atom. The SMILES string of the molecule is CC1CCCC(NC(=O)COC(=O)CCN2C(=O)c3cccc([N+](=O)[O-])c3C2=O)C1C. The Kier molecular flexibility index (Phi) is 6.67. The molecule has 31 heavy (non-hydrogen) atoms. The first-order valence-corrected chi connectivity index (χ1v) is 10.3. The molecule has 1 fully saturated rings. The van der Waals surface area contributed by atoms with Gasteiger partial charge in [-0.1, -0.05) is 32.8 Å². The molecule has 0 aromatic heterocycles. The fourth-order valence-corrected chi connectivity index (χ4v) is 4.13. The second-order valence-corrected chi connectivity index (χ2v) is 8.07. The van der Waals surface area contributed by atoms with Gasteiger partial charge in [0.15, 0.2) is 6.61 Å². The van der Waals surface area contributed by atoms with Gasteiger partial charge in [-0.3, -0.25) is 34.2 Å². The summed E-state index contributed by atoms with van der Waals surface area (Å²) in [4.78, 5) is 60.2. The lowest BCUT2D eigenvalue weighted by Crippen LogP contribution is -2.45. The lowest BCUT2D eigenvalue weighted by Gasteiger charge is -2.34. The molecule has 1 aliphatic carbocycles. The van der Waals surface area contributed by atoms with Crippen LogP contribution < -0.4 is 5.32 Å². The number of carbonyl (C=O) groups is 4. The smallest absolute Gasteiger partial charge is 0.308 e. The van der Waals surface area contributed by atoms with Crippen molar-refractivity contribution in [3.63, 3.8) is 0 Å².